The van der Waals surface area contributed by atoms with Crippen LogP contribution in [0.15, 0.2) is 30.9 Å². The molecule has 0 spiro atoms. The van der Waals surface area contributed by atoms with Crippen LogP contribution in [-0.4, -0.2) is 14.8 Å². The molecule has 0 unspecified atom stereocenters. The minimum atomic E-state index is -0.384. The molecule has 0 atom stereocenters. The van der Waals surface area contributed by atoms with Gasteiger partial charge in [0.15, 0.2) is 0 Å². The molecule has 1 heterocycles. The zero-order valence-corrected chi connectivity index (χ0v) is 6.68. The van der Waals surface area contributed by atoms with E-state index in [0.717, 1.165) is 0 Å². The van der Waals surface area contributed by atoms with E-state index < -0.39 is 0 Å². The minimum absolute atomic E-state index is 0.366. The van der Waals surface area contributed by atoms with Crippen LogP contribution in [0.4, 0.5) is 10.1 Å². The number of benzene rings is 1. The van der Waals surface area contributed by atoms with Crippen LogP contribution in [-0.2, 0) is 0 Å². The van der Waals surface area contributed by atoms with Crippen molar-refractivity contribution in [1.29, 1.82) is 0 Å². The summed E-state index contributed by atoms with van der Waals surface area (Å²) in [5.41, 5.74) is 6.40. The van der Waals surface area contributed by atoms with Gasteiger partial charge in [-0.3, -0.25) is 0 Å². The third-order valence-electron chi connectivity index (χ3n) is 1.59. The average molecular weight is 178 g/mol. The monoisotopic (exact) mass is 178 g/mol. The van der Waals surface area contributed by atoms with Crippen molar-refractivity contribution in [2.45, 2.75) is 0 Å². The van der Waals surface area contributed by atoms with E-state index in [1.165, 1.54) is 29.5 Å². The second-order valence-corrected chi connectivity index (χ2v) is 2.58. The number of rotatable bonds is 1. The quantitative estimate of drug-likeness (QED) is 0.662. The van der Waals surface area contributed by atoms with E-state index in [-0.39, 0.29) is 5.82 Å². The molecule has 1 aromatic heterocycles. The highest BCUT2D eigenvalue weighted by Crippen LogP contribution is 2.13. The summed E-state index contributed by atoms with van der Waals surface area (Å²) in [6.45, 7) is 0. The number of nitrogens with two attached hydrogens (primary N) is 1. The van der Waals surface area contributed by atoms with Crippen LogP contribution >= 0.6 is 0 Å². The van der Waals surface area contributed by atoms with E-state index in [1.807, 2.05) is 0 Å². The number of nitrogen functional groups attached to an aromatic ring is 1. The molecule has 0 amide bonds. The Bertz CT molecular complexity index is 390. The standard InChI is InChI=1S/C8H7FN4/c9-6-1-7(10)3-8(2-6)13-5-11-4-12-13/h1-5H,10H2. The molecule has 5 heteroatoms. The number of hydrogen-bond acceptors (Lipinski definition) is 3. The summed E-state index contributed by atoms with van der Waals surface area (Å²) < 4.78 is 14.3. The smallest absolute Gasteiger partial charge is 0.138 e. The van der Waals surface area contributed by atoms with Crippen LogP contribution in [0.25, 0.3) is 5.69 Å². The molecule has 0 aliphatic carbocycles. The lowest BCUT2D eigenvalue weighted by Crippen LogP contribution is -1.97. The topological polar surface area (TPSA) is 56.7 Å². The van der Waals surface area contributed by atoms with Gasteiger partial charge in [-0.05, 0) is 18.2 Å². The van der Waals surface area contributed by atoms with Crippen LogP contribution in [0.5, 0.6) is 0 Å². The molecule has 2 aromatic rings. The first-order valence-electron chi connectivity index (χ1n) is 3.67. The Morgan fingerprint density at radius 3 is 2.77 bits per heavy atom. The zero-order chi connectivity index (χ0) is 9.26. The molecule has 2 rings (SSSR count). The highest BCUT2D eigenvalue weighted by Gasteiger charge is 2.00. The molecule has 0 bridgehead atoms. The maximum absolute atomic E-state index is 12.9. The Morgan fingerprint density at radius 2 is 2.15 bits per heavy atom. The SMILES string of the molecule is Nc1cc(F)cc(-n2cncn2)c1. The zero-order valence-electron chi connectivity index (χ0n) is 6.68. The van der Waals surface area contributed by atoms with Gasteiger partial charge in [-0.2, -0.15) is 5.10 Å². The van der Waals surface area contributed by atoms with E-state index in [2.05, 4.69) is 10.1 Å². The van der Waals surface area contributed by atoms with E-state index in [4.69, 9.17) is 5.73 Å². The average Bonchev–Trinajstić information content (AvgIpc) is 2.53. The minimum Gasteiger partial charge on any atom is -0.399 e. The van der Waals surface area contributed by atoms with Gasteiger partial charge < -0.3 is 5.73 Å². The fourth-order valence-electron chi connectivity index (χ4n) is 1.07. The number of nitrogens with zero attached hydrogens (tertiary/aromatic N) is 3. The van der Waals surface area contributed by atoms with Crippen molar-refractivity contribution in [2.24, 2.45) is 0 Å². The molecule has 0 aliphatic rings. The Labute approximate surface area is 73.8 Å². The fraction of sp³-hybridized carbons (Fsp3) is 0. The predicted octanol–water partition coefficient (Wildman–Crippen LogP) is 0.989. The van der Waals surface area contributed by atoms with Gasteiger partial charge in [0, 0.05) is 5.69 Å². The van der Waals surface area contributed by atoms with E-state index in [0.29, 0.717) is 11.4 Å². The molecular weight excluding hydrogens is 171 g/mol. The van der Waals surface area contributed by atoms with Gasteiger partial charge in [0.1, 0.15) is 18.5 Å². The number of aromatic nitrogens is 3. The third-order valence-corrected chi connectivity index (χ3v) is 1.59. The van der Waals surface area contributed by atoms with Crippen LogP contribution in [0.3, 0.4) is 0 Å². The highest BCUT2D eigenvalue weighted by molar-refractivity contribution is 5.47. The largest absolute Gasteiger partial charge is 0.399 e. The Kier molecular flexibility index (Phi) is 1.70. The van der Waals surface area contributed by atoms with Gasteiger partial charge in [0.2, 0.25) is 0 Å². The lowest BCUT2D eigenvalue weighted by Gasteiger charge is -2.01. The normalized spacial score (nSPS) is 10.2. The Balaban J connectivity index is 2.53. The van der Waals surface area contributed by atoms with Crippen molar-refractivity contribution in [3.8, 4) is 5.69 Å². The van der Waals surface area contributed by atoms with Crippen molar-refractivity contribution in [3.05, 3.63) is 36.7 Å². The third kappa shape index (κ3) is 1.48. The summed E-state index contributed by atoms with van der Waals surface area (Å²) in [6.07, 6.45) is 2.86. The first-order chi connectivity index (χ1) is 6.25. The Hall–Kier alpha value is -1.91. The summed E-state index contributed by atoms with van der Waals surface area (Å²) in [5.74, 6) is -0.384. The molecule has 0 fully saturated rings. The fourth-order valence-corrected chi connectivity index (χ4v) is 1.07. The first kappa shape index (κ1) is 7.72. The molecule has 4 nitrogen and oxygen atoms in total. The van der Waals surface area contributed by atoms with Crippen molar-refractivity contribution in [1.82, 2.24) is 14.8 Å². The molecule has 0 saturated carbocycles. The molecule has 1 aromatic carbocycles. The molecule has 66 valence electrons. The van der Waals surface area contributed by atoms with E-state index in [9.17, 15) is 4.39 Å². The first-order valence-corrected chi connectivity index (χ1v) is 3.67. The second kappa shape index (κ2) is 2.85. The van der Waals surface area contributed by atoms with Crippen molar-refractivity contribution < 1.29 is 4.39 Å². The number of hydrogen-bond donors (Lipinski definition) is 1. The summed E-state index contributed by atoms with van der Waals surface area (Å²) in [6, 6.07) is 4.21. The maximum Gasteiger partial charge on any atom is 0.138 e. The van der Waals surface area contributed by atoms with Crippen LogP contribution < -0.4 is 5.73 Å². The predicted molar refractivity (Wildman–Crippen MR) is 45.7 cm³/mol. The molecule has 13 heavy (non-hydrogen) atoms. The van der Waals surface area contributed by atoms with Gasteiger partial charge in [-0.15, -0.1) is 0 Å². The van der Waals surface area contributed by atoms with E-state index >= 15 is 0 Å². The van der Waals surface area contributed by atoms with Crippen LogP contribution in [0, 0.1) is 5.82 Å². The molecule has 2 N–H and O–H groups in total. The summed E-state index contributed by atoms with van der Waals surface area (Å²) in [7, 11) is 0. The van der Waals surface area contributed by atoms with Crippen LogP contribution in [0.2, 0.25) is 0 Å². The summed E-state index contributed by atoms with van der Waals surface area (Å²) in [5, 5.41) is 3.85. The van der Waals surface area contributed by atoms with Crippen molar-refractivity contribution in [2.75, 3.05) is 5.73 Å². The van der Waals surface area contributed by atoms with Gasteiger partial charge in [0.05, 0.1) is 5.69 Å². The highest BCUT2D eigenvalue weighted by atomic mass is 19.1. The maximum atomic E-state index is 12.9. The van der Waals surface area contributed by atoms with Crippen LogP contribution in [0.1, 0.15) is 0 Å². The summed E-state index contributed by atoms with van der Waals surface area (Å²) in [4.78, 5) is 3.75. The summed E-state index contributed by atoms with van der Waals surface area (Å²) >= 11 is 0. The van der Waals surface area contributed by atoms with Gasteiger partial charge in [0.25, 0.3) is 0 Å². The second-order valence-electron chi connectivity index (χ2n) is 2.58. The molecule has 0 saturated heterocycles. The number of halogens is 1. The van der Waals surface area contributed by atoms with Gasteiger partial charge in [-0.1, -0.05) is 0 Å². The van der Waals surface area contributed by atoms with Crippen molar-refractivity contribution in [3.63, 3.8) is 0 Å². The Morgan fingerprint density at radius 1 is 1.31 bits per heavy atom. The van der Waals surface area contributed by atoms with Crippen molar-refractivity contribution >= 4 is 5.69 Å². The van der Waals surface area contributed by atoms with Gasteiger partial charge >= 0.3 is 0 Å². The van der Waals surface area contributed by atoms with E-state index in [1.54, 1.807) is 6.07 Å². The molecule has 0 radical (unpaired) electrons. The lowest BCUT2D eigenvalue weighted by molar-refractivity contribution is 0.626. The molecular formula is C8H7FN4. The lowest BCUT2D eigenvalue weighted by atomic mass is 10.3. The van der Waals surface area contributed by atoms with Gasteiger partial charge in [-0.25, -0.2) is 14.1 Å². The molecule has 0 aliphatic heterocycles. The number of anilines is 1.